The Labute approximate surface area is 130 Å². The minimum absolute atomic E-state index is 0.0606. The van der Waals surface area contributed by atoms with E-state index in [1.54, 1.807) is 12.2 Å². The molecule has 0 radical (unpaired) electrons. The van der Waals surface area contributed by atoms with Gasteiger partial charge in [0.05, 0.1) is 0 Å². The number of carbonyl (C=O) groups excluding carboxylic acids is 1. The normalized spacial score (nSPS) is 49.2. The summed E-state index contributed by atoms with van der Waals surface area (Å²) >= 11 is 0. The van der Waals surface area contributed by atoms with E-state index >= 15 is 0 Å². The first-order valence-corrected chi connectivity index (χ1v) is 8.60. The largest absolute Gasteiger partial charge is 0.290 e. The van der Waals surface area contributed by atoms with Crippen molar-refractivity contribution in [2.45, 2.75) is 58.3 Å². The molecule has 4 aliphatic carbocycles. The summed E-state index contributed by atoms with van der Waals surface area (Å²) in [5.41, 5.74) is 0.338. The standard InChI is InChI=1S/C19H24F2O/c1-17-8-5-13(22)11-12(17)3-4-14-15(17)6-9-18(2)16(14)7-10-19(18,20)21/h5,8,11,14-16H,3-4,6-7,9-10H2,1-2H3/t14-,15+,16+,17+,18+/m1/s1. The Balaban J connectivity index is 1.71. The van der Waals surface area contributed by atoms with Crippen molar-refractivity contribution in [2.24, 2.45) is 28.6 Å². The third-order valence-corrected chi connectivity index (χ3v) is 7.55. The summed E-state index contributed by atoms with van der Waals surface area (Å²) in [5, 5.41) is 0. The van der Waals surface area contributed by atoms with Gasteiger partial charge in [0.1, 0.15) is 0 Å². The maximum atomic E-state index is 14.4. The van der Waals surface area contributed by atoms with Gasteiger partial charge in [0, 0.05) is 17.3 Å². The maximum absolute atomic E-state index is 14.4. The fourth-order valence-electron chi connectivity index (χ4n) is 6.13. The van der Waals surface area contributed by atoms with Gasteiger partial charge in [-0.05, 0) is 62.0 Å². The smallest absolute Gasteiger partial charge is 0.253 e. The molecule has 4 aliphatic rings. The van der Waals surface area contributed by atoms with Crippen LogP contribution in [0.3, 0.4) is 0 Å². The molecule has 3 heteroatoms. The highest BCUT2D eigenvalue weighted by molar-refractivity contribution is 6.01. The molecule has 0 saturated heterocycles. The second kappa shape index (κ2) is 4.30. The van der Waals surface area contributed by atoms with E-state index in [9.17, 15) is 13.6 Å². The van der Waals surface area contributed by atoms with E-state index in [1.165, 1.54) is 5.57 Å². The first-order chi connectivity index (χ1) is 10.3. The van der Waals surface area contributed by atoms with E-state index in [0.717, 1.165) is 19.3 Å². The molecule has 5 atom stereocenters. The van der Waals surface area contributed by atoms with Gasteiger partial charge < -0.3 is 0 Å². The molecule has 22 heavy (non-hydrogen) atoms. The highest BCUT2D eigenvalue weighted by atomic mass is 19.3. The van der Waals surface area contributed by atoms with Crippen molar-refractivity contribution in [2.75, 3.05) is 0 Å². The lowest BCUT2D eigenvalue weighted by molar-refractivity contribution is -0.147. The molecule has 0 heterocycles. The molecule has 3 fully saturated rings. The Morgan fingerprint density at radius 1 is 1.09 bits per heavy atom. The Morgan fingerprint density at radius 2 is 1.82 bits per heavy atom. The molecule has 0 amide bonds. The van der Waals surface area contributed by atoms with Gasteiger partial charge in [-0.2, -0.15) is 0 Å². The number of alkyl halides is 2. The van der Waals surface area contributed by atoms with Crippen LogP contribution in [0.1, 0.15) is 52.4 Å². The first kappa shape index (κ1) is 14.6. The van der Waals surface area contributed by atoms with Crippen LogP contribution in [0.15, 0.2) is 23.8 Å². The molecule has 120 valence electrons. The van der Waals surface area contributed by atoms with Crippen molar-refractivity contribution in [3.63, 3.8) is 0 Å². The molecule has 0 aromatic rings. The number of allylic oxidation sites excluding steroid dienone is 4. The molecule has 4 rings (SSSR count). The lowest BCUT2D eigenvalue weighted by Crippen LogP contribution is -2.51. The number of carbonyl (C=O) groups is 1. The monoisotopic (exact) mass is 306 g/mol. The van der Waals surface area contributed by atoms with E-state index < -0.39 is 11.3 Å². The molecule has 0 spiro atoms. The summed E-state index contributed by atoms with van der Waals surface area (Å²) in [7, 11) is 0. The van der Waals surface area contributed by atoms with Crippen molar-refractivity contribution < 1.29 is 13.6 Å². The van der Waals surface area contributed by atoms with E-state index in [0.29, 0.717) is 24.7 Å². The van der Waals surface area contributed by atoms with Gasteiger partial charge in [-0.25, -0.2) is 8.78 Å². The van der Waals surface area contributed by atoms with Crippen LogP contribution in [-0.4, -0.2) is 11.7 Å². The summed E-state index contributed by atoms with van der Waals surface area (Å²) in [4.78, 5) is 11.7. The summed E-state index contributed by atoms with van der Waals surface area (Å²) in [6, 6.07) is 0. The van der Waals surface area contributed by atoms with Gasteiger partial charge in [0.2, 0.25) is 0 Å². The van der Waals surface area contributed by atoms with E-state index in [2.05, 4.69) is 13.0 Å². The van der Waals surface area contributed by atoms with Gasteiger partial charge in [-0.1, -0.05) is 25.5 Å². The van der Waals surface area contributed by atoms with E-state index in [-0.39, 0.29) is 23.5 Å². The van der Waals surface area contributed by atoms with Crippen LogP contribution in [0.25, 0.3) is 0 Å². The van der Waals surface area contributed by atoms with Crippen LogP contribution in [0.5, 0.6) is 0 Å². The number of hydrogen-bond acceptors (Lipinski definition) is 1. The summed E-state index contributed by atoms with van der Waals surface area (Å²) < 4.78 is 28.9. The second-order valence-electron chi connectivity index (χ2n) is 8.30. The predicted molar refractivity (Wildman–Crippen MR) is 81.6 cm³/mol. The molecular weight excluding hydrogens is 282 g/mol. The molecule has 0 bridgehead atoms. The zero-order chi connectivity index (χ0) is 15.8. The molecule has 3 saturated carbocycles. The van der Waals surface area contributed by atoms with Gasteiger partial charge in [-0.3, -0.25) is 4.79 Å². The SMILES string of the molecule is C[C@]12C=CC(=O)C=C1CC[C@@H]1[C@@H]2CC[C@@]2(C)[C@H]1CCC2(F)F. The fraction of sp³-hybridized carbons (Fsp3) is 0.737. The van der Waals surface area contributed by atoms with E-state index in [4.69, 9.17) is 0 Å². The molecule has 0 aromatic heterocycles. The van der Waals surface area contributed by atoms with Gasteiger partial charge in [0.25, 0.3) is 5.92 Å². The van der Waals surface area contributed by atoms with E-state index in [1.807, 2.05) is 6.92 Å². The minimum Gasteiger partial charge on any atom is -0.290 e. The van der Waals surface area contributed by atoms with Crippen LogP contribution in [0.2, 0.25) is 0 Å². The average molecular weight is 306 g/mol. The van der Waals surface area contributed by atoms with Crippen molar-refractivity contribution >= 4 is 5.78 Å². The Morgan fingerprint density at radius 3 is 2.59 bits per heavy atom. The fourth-order valence-corrected chi connectivity index (χ4v) is 6.13. The minimum atomic E-state index is -2.50. The zero-order valence-corrected chi connectivity index (χ0v) is 13.4. The third kappa shape index (κ3) is 1.66. The van der Waals surface area contributed by atoms with Gasteiger partial charge in [0.15, 0.2) is 5.78 Å². The van der Waals surface area contributed by atoms with Crippen LogP contribution in [-0.2, 0) is 4.79 Å². The van der Waals surface area contributed by atoms with Crippen LogP contribution >= 0.6 is 0 Å². The highest BCUT2D eigenvalue weighted by Crippen LogP contribution is 2.68. The van der Waals surface area contributed by atoms with Crippen molar-refractivity contribution in [3.8, 4) is 0 Å². The first-order valence-electron chi connectivity index (χ1n) is 8.60. The summed E-state index contributed by atoms with van der Waals surface area (Å²) in [6.45, 7) is 4.04. The molecule has 0 aromatic carbocycles. The molecule has 0 N–H and O–H groups in total. The number of rotatable bonds is 0. The van der Waals surface area contributed by atoms with Crippen molar-refractivity contribution in [1.29, 1.82) is 0 Å². The third-order valence-electron chi connectivity index (χ3n) is 7.55. The number of fused-ring (bicyclic) bond motifs is 5. The van der Waals surface area contributed by atoms with Gasteiger partial charge in [-0.15, -0.1) is 0 Å². The molecule has 0 aliphatic heterocycles. The van der Waals surface area contributed by atoms with Crippen molar-refractivity contribution in [3.05, 3.63) is 23.8 Å². The average Bonchev–Trinajstić information content (AvgIpc) is 2.70. The Kier molecular flexibility index (Phi) is 2.85. The molecular formula is C19H24F2O. The predicted octanol–water partition coefficient (Wildman–Crippen LogP) is 4.93. The lowest BCUT2D eigenvalue weighted by atomic mass is 9.48. The molecule has 0 unspecified atom stereocenters. The maximum Gasteiger partial charge on any atom is 0.253 e. The zero-order valence-electron chi connectivity index (χ0n) is 13.4. The summed E-state index contributed by atoms with van der Waals surface area (Å²) in [6.07, 6.45) is 9.63. The lowest BCUT2D eigenvalue weighted by Gasteiger charge is -2.56. The number of halogens is 2. The van der Waals surface area contributed by atoms with Gasteiger partial charge >= 0.3 is 0 Å². The number of ketones is 1. The van der Waals surface area contributed by atoms with Crippen molar-refractivity contribution in [1.82, 2.24) is 0 Å². The van der Waals surface area contributed by atoms with Crippen LogP contribution in [0, 0.1) is 28.6 Å². The number of hydrogen-bond donors (Lipinski definition) is 0. The Hall–Kier alpha value is -0.990. The highest BCUT2D eigenvalue weighted by Gasteiger charge is 2.65. The second-order valence-corrected chi connectivity index (χ2v) is 8.30. The van der Waals surface area contributed by atoms with Crippen LogP contribution < -0.4 is 0 Å². The van der Waals surface area contributed by atoms with Crippen LogP contribution in [0.4, 0.5) is 8.78 Å². The Bertz CT molecular complexity index is 590. The molecule has 1 nitrogen and oxygen atoms in total. The summed E-state index contributed by atoms with van der Waals surface area (Å²) in [5.74, 6) is -1.47. The topological polar surface area (TPSA) is 17.1 Å². The quantitative estimate of drug-likeness (QED) is 0.620.